The Morgan fingerprint density at radius 3 is 2.73 bits per heavy atom. The van der Waals surface area contributed by atoms with Crippen molar-refractivity contribution in [2.75, 3.05) is 45.2 Å². The first-order chi connectivity index (χ1) is 23.3. The zero-order chi connectivity index (χ0) is 34.8. The molecule has 1 aromatic carbocycles. The van der Waals surface area contributed by atoms with Gasteiger partial charge in [-0.25, -0.2) is 8.78 Å². The highest BCUT2D eigenvalue weighted by molar-refractivity contribution is 9.10. The number of hydrogen-bond acceptors (Lipinski definition) is 8. The first-order valence-corrected chi connectivity index (χ1v) is 17.2. The van der Waals surface area contributed by atoms with Crippen LogP contribution in [0.2, 0.25) is 0 Å². The number of ether oxygens (including phenoxy) is 2. The third-order valence-corrected chi connectivity index (χ3v) is 11.0. The zero-order valence-electron chi connectivity index (χ0n) is 27.4. The van der Waals surface area contributed by atoms with Crippen molar-refractivity contribution in [2.45, 2.75) is 82.7 Å². The summed E-state index contributed by atoms with van der Waals surface area (Å²) < 4.78 is 87.0. The van der Waals surface area contributed by atoms with Crippen molar-refractivity contribution < 1.29 is 36.2 Å². The highest BCUT2D eigenvalue weighted by atomic mass is 79.9. The molecule has 0 N–H and O–H groups in total. The maximum absolute atomic E-state index is 15.5. The molecule has 0 saturated carbocycles. The van der Waals surface area contributed by atoms with Crippen LogP contribution in [0.25, 0.3) is 0 Å². The van der Waals surface area contributed by atoms with Gasteiger partial charge < -0.3 is 19.3 Å². The van der Waals surface area contributed by atoms with Crippen molar-refractivity contribution in [3.05, 3.63) is 61.8 Å². The smallest absolute Gasteiger partial charge is 0.416 e. The Labute approximate surface area is 288 Å². The van der Waals surface area contributed by atoms with E-state index in [2.05, 4.69) is 30.9 Å². The fourth-order valence-corrected chi connectivity index (χ4v) is 8.24. The molecule has 16 heteroatoms. The van der Waals surface area contributed by atoms with E-state index in [-0.39, 0.29) is 42.8 Å². The van der Waals surface area contributed by atoms with Gasteiger partial charge in [0.25, 0.3) is 5.91 Å². The molecule has 2 fully saturated rings. The molecule has 2 aromatic heterocycles. The number of fused-ring (bicyclic) bond motifs is 3. The maximum Gasteiger partial charge on any atom is 0.416 e. The minimum atomic E-state index is -4.80. The van der Waals surface area contributed by atoms with Gasteiger partial charge in [0, 0.05) is 57.7 Å². The number of hydrogen-bond donors (Lipinski definition) is 0. The summed E-state index contributed by atoms with van der Waals surface area (Å²) in [6.45, 7) is 3.90. The fourth-order valence-electron chi connectivity index (χ4n) is 7.66. The van der Waals surface area contributed by atoms with Crippen LogP contribution in [0.5, 0.6) is 6.01 Å². The van der Waals surface area contributed by atoms with Crippen molar-refractivity contribution in [1.82, 2.24) is 29.5 Å². The van der Waals surface area contributed by atoms with E-state index < -0.39 is 40.9 Å². The minimum absolute atomic E-state index is 0.0130. The van der Waals surface area contributed by atoms with Crippen LogP contribution >= 0.6 is 15.9 Å². The summed E-state index contributed by atoms with van der Waals surface area (Å²) in [6.07, 6.45) is -4.49. The van der Waals surface area contributed by atoms with Crippen LogP contribution in [0.4, 0.5) is 27.8 Å². The molecular weight excluding hydrogens is 717 g/mol. The number of aryl methyl sites for hydroxylation is 2. The Kier molecular flexibility index (Phi) is 8.87. The average molecular weight is 755 g/mol. The number of rotatable bonds is 6. The molecule has 0 aliphatic carbocycles. The van der Waals surface area contributed by atoms with Crippen molar-refractivity contribution in [3.63, 3.8) is 0 Å². The minimum Gasteiger partial charge on any atom is -0.461 e. The largest absolute Gasteiger partial charge is 0.461 e. The second kappa shape index (κ2) is 12.7. The number of carbonyl (C=O) groups is 1. The van der Waals surface area contributed by atoms with Crippen LogP contribution in [0, 0.1) is 12.7 Å². The van der Waals surface area contributed by atoms with Gasteiger partial charge in [-0.1, -0.05) is 6.07 Å². The molecule has 0 bridgehead atoms. The van der Waals surface area contributed by atoms with Gasteiger partial charge in [0.15, 0.2) is 5.69 Å². The second-order valence-corrected chi connectivity index (χ2v) is 14.4. The topological polar surface area (TPSA) is 88.8 Å². The molecule has 264 valence electrons. The Morgan fingerprint density at radius 1 is 1.18 bits per heavy atom. The second-order valence-electron chi connectivity index (χ2n) is 13.6. The summed E-state index contributed by atoms with van der Waals surface area (Å²) >= 11 is 3.59. The van der Waals surface area contributed by atoms with Gasteiger partial charge in [0.2, 0.25) is 0 Å². The van der Waals surface area contributed by atoms with E-state index in [1.807, 2.05) is 4.90 Å². The van der Waals surface area contributed by atoms with Gasteiger partial charge in [-0.05, 0) is 60.3 Å². The highest BCUT2D eigenvalue weighted by Gasteiger charge is 2.49. The van der Waals surface area contributed by atoms with Gasteiger partial charge in [-0.3, -0.25) is 14.4 Å². The number of nitrogens with zero attached hydrogens (tertiary/aromatic N) is 7. The van der Waals surface area contributed by atoms with Crippen LogP contribution in [0.3, 0.4) is 0 Å². The molecular formula is C33H37BrF5N7O3. The van der Waals surface area contributed by atoms with Crippen LogP contribution < -0.4 is 9.64 Å². The number of alkyl halides is 4. The Morgan fingerprint density at radius 2 is 1.98 bits per heavy atom. The van der Waals surface area contributed by atoms with E-state index in [1.165, 1.54) is 11.8 Å². The number of anilines is 1. The lowest BCUT2D eigenvalue weighted by atomic mass is 9.93. The Bertz CT molecular complexity index is 1790. The van der Waals surface area contributed by atoms with Gasteiger partial charge >= 0.3 is 12.2 Å². The molecule has 4 aliphatic heterocycles. The molecule has 3 atom stereocenters. The predicted octanol–water partition coefficient (Wildman–Crippen LogP) is 5.78. The molecule has 49 heavy (non-hydrogen) atoms. The number of benzene rings is 1. The zero-order valence-corrected chi connectivity index (χ0v) is 29.0. The number of carbonyl (C=O) groups excluding carboxylic acids is 1. The average Bonchev–Trinajstić information content (AvgIpc) is 3.62. The quantitative estimate of drug-likeness (QED) is 0.293. The lowest BCUT2D eigenvalue weighted by Crippen LogP contribution is -2.43. The van der Waals surface area contributed by atoms with Crippen LogP contribution in [0.1, 0.15) is 75.9 Å². The first kappa shape index (κ1) is 34.1. The molecule has 0 radical (unpaired) electrons. The van der Waals surface area contributed by atoms with Gasteiger partial charge in [0.1, 0.15) is 24.4 Å². The van der Waals surface area contributed by atoms with Gasteiger partial charge in [-0.2, -0.15) is 28.2 Å². The van der Waals surface area contributed by atoms with E-state index in [0.29, 0.717) is 60.6 Å². The monoisotopic (exact) mass is 753 g/mol. The van der Waals surface area contributed by atoms with Gasteiger partial charge in [-0.15, -0.1) is 0 Å². The molecule has 3 aromatic rings. The number of aromatic nitrogens is 4. The first-order valence-electron chi connectivity index (χ1n) is 16.4. The molecule has 6 heterocycles. The SMILES string of the molecule is Cc1ccc(C(F)(F)F)c([C@@H]2Cc3nc(OC[C@@]45CCCN4C[C@H](F)C5)nc(N4CCCn5nc(C(=O)N(C)C)c(Br)c5C4)c3CO2)c1F. The van der Waals surface area contributed by atoms with Crippen molar-refractivity contribution >= 4 is 27.7 Å². The van der Waals surface area contributed by atoms with Crippen LogP contribution in [-0.2, 0) is 37.0 Å². The third-order valence-electron chi connectivity index (χ3n) is 10.1. The summed E-state index contributed by atoms with van der Waals surface area (Å²) in [5.74, 6) is -0.750. The van der Waals surface area contributed by atoms with Crippen molar-refractivity contribution in [1.29, 1.82) is 0 Å². The molecule has 10 nitrogen and oxygen atoms in total. The lowest BCUT2D eigenvalue weighted by molar-refractivity contribution is -0.140. The number of halogens is 6. The lowest BCUT2D eigenvalue weighted by Gasteiger charge is -2.33. The van der Waals surface area contributed by atoms with E-state index in [0.717, 1.165) is 37.2 Å². The maximum atomic E-state index is 15.5. The van der Waals surface area contributed by atoms with Crippen molar-refractivity contribution in [3.8, 4) is 6.01 Å². The van der Waals surface area contributed by atoms with Gasteiger partial charge in [0.05, 0.1) is 46.2 Å². The summed E-state index contributed by atoms with van der Waals surface area (Å²) in [5.41, 5.74) is -0.0636. The Hall–Kier alpha value is -3.37. The van der Waals surface area contributed by atoms with E-state index >= 15 is 4.39 Å². The molecule has 4 aliphatic rings. The summed E-state index contributed by atoms with van der Waals surface area (Å²) in [4.78, 5) is 27.9. The third kappa shape index (κ3) is 6.17. The molecule has 1 amide bonds. The summed E-state index contributed by atoms with van der Waals surface area (Å²) in [5, 5.41) is 4.57. The van der Waals surface area contributed by atoms with E-state index in [1.54, 1.807) is 18.8 Å². The van der Waals surface area contributed by atoms with Crippen LogP contribution in [-0.4, -0.2) is 87.5 Å². The van der Waals surface area contributed by atoms with E-state index in [9.17, 15) is 22.4 Å². The molecule has 2 saturated heterocycles. The standard InChI is InChI=1S/C33H37BrF5N7O3/c1-18-6-7-21(33(37,38)39)25(27(18)36)24-12-22-20(16-48-24)29(41-31(40-22)49-17-32-8-4-10-45(32)14-19(35)13-32)44-9-5-11-46-23(15-44)26(34)28(42-46)30(47)43(2)3/h6-7,19,24H,4-5,8-17H2,1-3H3/t19-,24+,32+/m1/s1. The molecule has 0 spiro atoms. The summed E-state index contributed by atoms with van der Waals surface area (Å²) in [6, 6.07) is 2.01. The fraction of sp³-hybridized carbons (Fsp3) is 0.576. The Balaban J connectivity index is 1.27. The van der Waals surface area contributed by atoms with Crippen LogP contribution in [0.15, 0.2) is 16.6 Å². The van der Waals surface area contributed by atoms with E-state index in [4.69, 9.17) is 14.5 Å². The predicted molar refractivity (Wildman–Crippen MR) is 172 cm³/mol. The van der Waals surface area contributed by atoms with Crippen molar-refractivity contribution in [2.24, 2.45) is 0 Å². The number of amides is 1. The highest BCUT2D eigenvalue weighted by Crippen LogP contribution is 2.44. The normalized spacial score (nSPS) is 24.0. The summed E-state index contributed by atoms with van der Waals surface area (Å²) in [7, 11) is 3.30. The molecule has 0 unspecified atom stereocenters. The molecule has 7 rings (SSSR count).